The van der Waals surface area contributed by atoms with Crippen molar-refractivity contribution in [2.24, 2.45) is 0 Å². The van der Waals surface area contributed by atoms with Gasteiger partial charge in [0, 0.05) is 31.4 Å². The summed E-state index contributed by atoms with van der Waals surface area (Å²) < 4.78 is 0. The van der Waals surface area contributed by atoms with E-state index in [1.54, 1.807) is 18.1 Å². The van der Waals surface area contributed by atoms with Gasteiger partial charge in [0.1, 0.15) is 0 Å². The smallest absolute Gasteiger partial charge is 0.238 e. The van der Waals surface area contributed by atoms with Crippen LogP contribution >= 0.6 is 0 Å². The molecule has 1 atom stereocenters. The van der Waals surface area contributed by atoms with E-state index in [4.69, 9.17) is 0 Å². The molecule has 1 unspecified atom stereocenters. The first-order chi connectivity index (χ1) is 9.25. The summed E-state index contributed by atoms with van der Waals surface area (Å²) in [7, 11) is 0. The van der Waals surface area contributed by atoms with Crippen LogP contribution in [0.5, 0.6) is 0 Å². The third kappa shape index (κ3) is 2.17. The van der Waals surface area contributed by atoms with E-state index in [0.717, 1.165) is 23.3 Å². The van der Waals surface area contributed by atoms with Crippen LogP contribution in [0.3, 0.4) is 0 Å². The summed E-state index contributed by atoms with van der Waals surface area (Å²) in [6, 6.07) is 3.91. The first kappa shape index (κ1) is 11.7. The number of aromatic nitrogens is 1. The van der Waals surface area contributed by atoms with Crippen LogP contribution in [0.15, 0.2) is 60.1 Å². The summed E-state index contributed by atoms with van der Waals surface area (Å²) in [6.07, 6.45) is 12.4. The molecule has 2 heterocycles. The van der Waals surface area contributed by atoms with Gasteiger partial charge < -0.3 is 0 Å². The molecule has 1 N–H and O–H groups in total. The standard InChI is InChI=1S/C15H15N3O/c1-11(19)18-15(13-7-4-8-16-10-13)9-14(17-18)12-5-2-3-6-12/h2-8,10,15,17H,9H2,1H3. The van der Waals surface area contributed by atoms with E-state index < -0.39 is 0 Å². The maximum Gasteiger partial charge on any atom is 0.238 e. The van der Waals surface area contributed by atoms with E-state index in [2.05, 4.69) is 10.4 Å². The molecule has 4 nitrogen and oxygen atoms in total. The van der Waals surface area contributed by atoms with Gasteiger partial charge in [-0.3, -0.25) is 15.2 Å². The molecule has 19 heavy (non-hydrogen) atoms. The van der Waals surface area contributed by atoms with E-state index in [1.807, 2.05) is 42.6 Å². The van der Waals surface area contributed by atoms with E-state index >= 15 is 0 Å². The van der Waals surface area contributed by atoms with E-state index in [9.17, 15) is 4.79 Å². The zero-order valence-corrected chi connectivity index (χ0v) is 10.7. The number of carbonyl (C=O) groups excluding carboxylic acids is 1. The molecule has 1 aliphatic carbocycles. The molecular formula is C15H15N3O. The number of rotatable bonds is 1. The number of pyridine rings is 1. The lowest BCUT2D eigenvalue weighted by atomic mass is 10.0. The van der Waals surface area contributed by atoms with Crippen molar-refractivity contribution in [1.82, 2.24) is 15.4 Å². The first-order valence-corrected chi connectivity index (χ1v) is 6.30. The second-order valence-electron chi connectivity index (χ2n) is 4.66. The second kappa shape index (κ2) is 4.72. The predicted molar refractivity (Wildman–Crippen MR) is 72.6 cm³/mol. The number of hydrogen-bond donors (Lipinski definition) is 1. The highest BCUT2D eigenvalue weighted by Crippen LogP contribution is 2.33. The lowest BCUT2D eigenvalue weighted by Gasteiger charge is -2.22. The molecule has 96 valence electrons. The van der Waals surface area contributed by atoms with Crippen molar-refractivity contribution in [2.75, 3.05) is 0 Å². The number of hydrazine groups is 1. The molecule has 1 aromatic heterocycles. The number of amides is 1. The number of carbonyl (C=O) groups is 1. The SMILES string of the molecule is CC(=O)N1NC(=C2C=CC=C2)CC1c1cccnc1. The van der Waals surface area contributed by atoms with Gasteiger partial charge in [0.2, 0.25) is 5.91 Å². The predicted octanol–water partition coefficient (Wildman–Crippen LogP) is 2.26. The van der Waals surface area contributed by atoms with Crippen LogP contribution in [0.1, 0.15) is 24.9 Å². The number of hydrogen-bond acceptors (Lipinski definition) is 3. The molecule has 0 radical (unpaired) electrons. The summed E-state index contributed by atoms with van der Waals surface area (Å²) in [5, 5.41) is 1.68. The molecule has 0 aromatic carbocycles. The van der Waals surface area contributed by atoms with Crippen LogP contribution < -0.4 is 5.43 Å². The molecule has 1 saturated heterocycles. The maximum absolute atomic E-state index is 11.8. The fourth-order valence-electron chi connectivity index (χ4n) is 2.45. The van der Waals surface area contributed by atoms with Crippen LogP contribution in [0.25, 0.3) is 0 Å². The lowest BCUT2D eigenvalue weighted by Crippen LogP contribution is -2.36. The Bertz CT molecular complexity index is 573. The van der Waals surface area contributed by atoms with E-state index in [-0.39, 0.29) is 11.9 Å². The minimum absolute atomic E-state index is 0.00964. The average molecular weight is 253 g/mol. The van der Waals surface area contributed by atoms with Crippen molar-refractivity contribution in [3.63, 3.8) is 0 Å². The zero-order valence-electron chi connectivity index (χ0n) is 10.7. The fraction of sp³-hybridized carbons (Fsp3) is 0.200. The van der Waals surface area contributed by atoms with Crippen molar-refractivity contribution in [3.05, 3.63) is 65.7 Å². The van der Waals surface area contributed by atoms with Crippen LogP contribution in [0.4, 0.5) is 0 Å². The van der Waals surface area contributed by atoms with Gasteiger partial charge in [-0.1, -0.05) is 30.4 Å². The number of nitrogens with one attached hydrogen (secondary N) is 1. The molecule has 1 amide bonds. The normalized spacial score (nSPS) is 21.1. The van der Waals surface area contributed by atoms with Crippen molar-refractivity contribution in [1.29, 1.82) is 0 Å². The minimum atomic E-state index is 0.00964. The molecule has 1 aliphatic heterocycles. The Morgan fingerprint density at radius 3 is 2.84 bits per heavy atom. The highest BCUT2D eigenvalue weighted by molar-refractivity contribution is 5.74. The minimum Gasteiger partial charge on any atom is -0.299 e. The molecule has 4 heteroatoms. The third-order valence-corrected chi connectivity index (χ3v) is 3.38. The van der Waals surface area contributed by atoms with Gasteiger partial charge in [-0.2, -0.15) is 0 Å². The Morgan fingerprint density at radius 1 is 1.42 bits per heavy atom. The van der Waals surface area contributed by atoms with Gasteiger partial charge in [-0.05, 0) is 17.2 Å². The quantitative estimate of drug-likeness (QED) is 0.835. The second-order valence-corrected chi connectivity index (χ2v) is 4.66. The van der Waals surface area contributed by atoms with Gasteiger partial charge in [-0.25, -0.2) is 5.01 Å². The Morgan fingerprint density at radius 2 is 2.21 bits per heavy atom. The topological polar surface area (TPSA) is 45.2 Å². The summed E-state index contributed by atoms with van der Waals surface area (Å²) in [6.45, 7) is 1.57. The highest BCUT2D eigenvalue weighted by Gasteiger charge is 2.32. The average Bonchev–Trinajstić information content (AvgIpc) is 3.08. The fourth-order valence-corrected chi connectivity index (χ4v) is 2.45. The monoisotopic (exact) mass is 253 g/mol. The maximum atomic E-state index is 11.8. The van der Waals surface area contributed by atoms with Crippen LogP contribution in [0, 0.1) is 0 Å². The molecular weight excluding hydrogens is 238 g/mol. The molecule has 3 rings (SSSR count). The van der Waals surface area contributed by atoms with Crippen molar-refractivity contribution in [3.8, 4) is 0 Å². The summed E-state index contributed by atoms with van der Waals surface area (Å²) in [5.74, 6) is 0.00964. The van der Waals surface area contributed by atoms with Gasteiger partial charge >= 0.3 is 0 Å². The Hall–Kier alpha value is -2.36. The van der Waals surface area contributed by atoms with E-state index in [1.165, 1.54) is 0 Å². The van der Waals surface area contributed by atoms with Gasteiger partial charge in [0.15, 0.2) is 0 Å². The summed E-state index contributed by atoms with van der Waals surface area (Å²) in [5.41, 5.74) is 6.48. The molecule has 0 saturated carbocycles. The van der Waals surface area contributed by atoms with Gasteiger partial charge in [-0.15, -0.1) is 0 Å². The van der Waals surface area contributed by atoms with E-state index in [0.29, 0.717) is 0 Å². The first-order valence-electron chi connectivity index (χ1n) is 6.30. The Kier molecular flexibility index (Phi) is 2.91. The van der Waals surface area contributed by atoms with Crippen LogP contribution in [-0.4, -0.2) is 15.9 Å². The third-order valence-electron chi connectivity index (χ3n) is 3.38. The van der Waals surface area contributed by atoms with Crippen molar-refractivity contribution < 1.29 is 4.79 Å². The Labute approximate surface area is 112 Å². The van der Waals surface area contributed by atoms with Crippen molar-refractivity contribution in [2.45, 2.75) is 19.4 Å². The molecule has 2 aliphatic rings. The largest absolute Gasteiger partial charge is 0.299 e. The summed E-state index contributed by atoms with van der Waals surface area (Å²) >= 11 is 0. The lowest BCUT2D eigenvalue weighted by molar-refractivity contribution is -0.132. The Balaban J connectivity index is 1.95. The molecule has 0 spiro atoms. The summed E-state index contributed by atoms with van der Waals surface area (Å²) in [4.78, 5) is 15.9. The highest BCUT2D eigenvalue weighted by atomic mass is 16.2. The van der Waals surface area contributed by atoms with Crippen LogP contribution in [-0.2, 0) is 4.79 Å². The van der Waals surface area contributed by atoms with Gasteiger partial charge in [0.05, 0.1) is 6.04 Å². The zero-order chi connectivity index (χ0) is 13.2. The number of allylic oxidation sites excluding steroid dienone is 5. The van der Waals surface area contributed by atoms with Crippen molar-refractivity contribution >= 4 is 5.91 Å². The molecule has 0 bridgehead atoms. The molecule has 1 aromatic rings. The van der Waals surface area contributed by atoms with Crippen LogP contribution in [0.2, 0.25) is 0 Å². The molecule has 1 fully saturated rings. The van der Waals surface area contributed by atoms with Gasteiger partial charge in [0.25, 0.3) is 0 Å². The number of nitrogens with zero attached hydrogens (tertiary/aromatic N) is 2.